The number of aryl methyl sites for hydroxylation is 1. The van der Waals surface area contributed by atoms with Gasteiger partial charge in [-0.3, -0.25) is 14.4 Å². The number of para-hydroxylation sites is 1. The van der Waals surface area contributed by atoms with E-state index in [0.717, 1.165) is 31.4 Å². The van der Waals surface area contributed by atoms with Gasteiger partial charge in [0.25, 0.3) is 11.8 Å². The van der Waals surface area contributed by atoms with E-state index in [9.17, 15) is 14.4 Å². The van der Waals surface area contributed by atoms with Crippen molar-refractivity contribution in [2.75, 3.05) is 25.0 Å². The minimum absolute atomic E-state index is 0.211. The molecule has 6 heteroatoms. The van der Waals surface area contributed by atoms with Crippen LogP contribution < -0.4 is 10.6 Å². The van der Waals surface area contributed by atoms with Crippen LogP contribution in [-0.2, 0) is 4.79 Å². The summed E-state index contributed by atoms with van der Waals surface area (Å²) in [4.78, 5) is 39.2. The lowest BCUT2D eigenvalue weighted by molar-refractivity contribution is -0.130. The number of amides is 3. The molecule has 2 aromatic rings. The second kappa shape index (κ2) is 10.6. The van der Waals surface area contributed by atoms with Crippen molar-refractivity contribution in [1.29, 1.82) is 0 Å². The third kappa shape index (κ3) is 5.92. The van der Waals surface area contributed by atoms with Gasteiger partial charge in [0.05, 0.1) is 11.3 Å². The molecule has 1 fully saturated rings. The fourth-order valence-electron chi connectivity index (χ4n) is 3.61. The monoisotopic (exact) mass is 407 g/mol. The molecule has 3 amide bonds. The number of rotatable bonds is 7. The normalized spacial score (nSPS) is 14.2. The molecular weight excluding hydrogens is 378 g/mol. The van der Waals surface area contributed by atoms with Crippen LogP contribution in [0.15, 0.2) is 48.5 Å². The van der Waals surface area contributed by atoms with Crippen LogP contribution in [0.25, 0.3) is 0 Å². The molecule has 30 heavy (non-hydrogen) atoms. The van der Waals surface area contributed by atoms with Gasteiger partial charge in [-0.2, -0.15) is 0 Å². The molecule has 1 aliphatic rings. The summed E-state index contributed by atoms with van der Waals surface area (Å²) < 4.78 is 0. The fourth-order valence-corrected chi connectivity index (χ4v) is 3.61. The van der Waals surface area contributed by atoms with Gasteiger partial charge in [-0.15, -0.1) is 0 Å². The molecule has 1 saturated heterocycles. The number of hydrogen-bond donors (Lipinski definition) is 2. The van der Waals surface area contributed by atoms with E-state index in [1.54, 1.807) is 30.3 Å². The van der Waals surface area contributed by atoms with Gasteiger partial charge < -0.3 is 15.5 Å². The van der Waals surface area contributed by atoms with Crippen LogP contribution in [0.2, 0.25) is 0 Å². The van der Waals surface area contributed by atoms with Gasteiger partial charge >= 0.3 is 0 Å². The highest BCUT2D eigenvalue weighted by molar-refractivity contribution is 6.09. The second-order valence-corrected chi connectivity index (χ2v) is 7.67. The van der Waals surface area contributed by atoms with Crippen LogP contribution in [0.5, 0.6) is 0 Å². The quantitative estimate of drug-likeness (QED) is 0.686. The van der Waals surface area contributed by atoms with E-state index in [0.29, 0.717) is 42.7 Å². The standard InChI is InChI=1S/C24H29N3O3/c1-18-9-7-10-19(17-18)23(29)26-21-12-5-4-11-20(21)24(30)25-14-8-16-27-15-6-2-3-13-22(27)28/h4-5,7,9-12,17H,2-3,6,8,13-16H2,1H3,(H,25,30)(H,26,29). The number of nitrogens with zero attached hydrogens (tertiary/aromatic N) is 1. The summed E-state index contributed by atoms with van der Waals surface area (Å²) >= 11 is 0. The highest BCUT2D eigenvalue weighted by Crippen LogP contribution is 2.17. The average molecular weight is 408 g/mol. The molecule has 0 atom stereocenters. The Labute approximate surface area is 177 Å². The number of hydrogen-bond acceptors (Lipinski definition) is 3. The Kier molecular flexibility index (Phi) is 7.60. The first kappa shape index (κ1) is 21.6. The summed E-state index contributed by atoms with van der Waals surface area (Å²) in [7, 11) is 0. The Balaban J connectivity index is 1.55. The third-order valence-corrected chi connectivity index (χ3v) is 5.26. The molecule has 2 aromatic carbocycles. The van der Waals surface area contributed by atoms with Gasteiger partial charge in [0, 0.05) is 31.6 Å². The van der Waals surface area contributed by atoms with Crippen molar-refractivity contribution in [3.63, 3.8) is 0 Å². The molecule has 0 unspecified atom stereocenters. The highest BCUT2D eigenvalue weighted by Gasteiger charge is 2.17. The zero-order valence-electron chi connectivity index (χ0n) is 17.4. The lowest BCUT2D eigenvalue weighted by Crippen LogP contribution is -2.34. The third-order valence-electron chi connectivity index (χ3n) is 5.26. The molecule has 0 saturated carbocycles. The zero-order chi connectivity index (χ0) is 21.3. The lowest BCUT2D eigenvalue weighted by Gasteiger charge is -2.20. The minimum Gasteiger partial charge on any atom is -0.352 e. The Morgan fingerprint density at radius 2 is 1.83 bits per heavy atom. The maximum absolute atomic E-state index is 12.7. The Morgan fingerprint density at radius 3 is 2.67 bits per heavy atom. The summed E-state index contributed by atoms with van der Waals surface area (Å²) in [6.45, 7) is 3.87. The molecule has 0 radical (unpaired) electrons. The first-order valence-corrected chi connectivity index (χ1v) is 10.6. The molecule has 6 nitrogen and oxygen atoms in total. The summed E-state index contributed by atoms with van der Waals surface area (Å²) in [5.74, 6) is -0.279. The fraction of sp³-hybridized carbons (Fsp3) is 0.375. The average Bonchev–Trinajstić information content (AvgIpc) is 2.95. The molecule has 3 rings (SSSR count). The number of likely N-dealkylation sites (tertiary alicyclic amines) is 1. The smallest absolute Gasteiger partial charge is 0.255 e. The Bertz CT molecular complexity index is 910. The maximum Gasteiger partial charge on any atom is 0.255 e. The van der Waals surface area contributed by atoms with Gasteiger partial charge in [-0.1, -0.05) is 36.2 Å². The van der Waals surface area contributed by atoms with E-state index < -0.39 is 0 Å². The van der Waals surface area contributed by atoms with Crippen molar-refractivity contribution in [2.24, 2.45) is 0 Å². The van der Waals surface area contributed by atoms with Crippen molar-refractivity contribution in [1.82, 2.24) is 10.2 Å². The van der Waals surface area contributed by atoms with Crippen LogP contribution in [0, 0.1) is 6.92 Å². The number of carbonyl (C=O) groups excluding carboxylic acids is 3. The van der Waals surface area contributed by atoms with E-state index >= 15 is 0 Å². The van der Waals surface area contributed by atoms with Crippen LogP contribution >= 0.6 is 0 Å². The van der Waals surface area contributed by atoms with E-state index in [2.05, 4.69) is 10.6 Å². The van der Waals surface area contributed by atoms with Crippen LogP contribution in [0.3, 0.4) is 0 Å². The summed E-state index contributed by atoms with van der Waals surface area (Å²) in [5.41, 5.74) is 2.44. The predicted molar refractivity (Wildman–Crippen MR) is 118 cm³/mol. The molecule has 1 aliphatic heterocycles. The molecule has 2 N–H and O–H groups in total. The van der Waals surface area contributed by atoms with Crippen LogP contribution in [-0.4, -0.2) is 42.3 Å². The number of benzene rings is 2. The number of anilines is 1. The first-order valence-electron chi connectivity index (χ1n) is 10.6. The molecule has 0 aliphatic carbocycles. The zero-order valence-corrected chi connectivity index (χ0v) is 17.4. The summed E-state index contributed by atoms with van der Waals surface area (Å²) in [5, 5.41) is 5.74. The SMILES string of the molecule is Cc1cccc(C(=O)Nc2ccccc2C(=O)NCCCN2CCCCCC2=O)c1. The predicted octanol–water partition coefficient (Wildman–Crippen LogP) is 3.77. The maximum atomic E-state index is 12.7. The van der Waals surface area contributed by atoms with Gasteiger partial charge in [0.1, 0.15) is 0 Å². The van der Waals surface area contributed by atoms with E-state index in [-0.39, 0.29) is 17.7 Å². The lowest BCUT2D eigenvalue weighted by atomic mass is 10.1. The molecule has 1 heterocycles. The molecule has 158 valence electrons. The topological polar surface area (TPSA) is 78.5 Å². The van der Waals surface area contributed by atoms with Gasteiger partial charge in [-0.05, 0) is 50.5 Å². The second-order valence-electron chi connectivity index (χ2n) is 7.67. The van der Waals surface area contributed by atoms with Gasteiger partial charge in [0.2, 0.25) is 5.91 Å². The summed E-state index contributed by atoms with van der Waals surface area (Å²) in [6.07, 6.45) is 4.45. The molecule has 0 aromatic heterocycles. The Hall–Kier alpha value is -3.15. The van der Waals surface area contributed by atoms with E-state index in [4.69, 9.17) is 0 Å². The van der Waals surface area contributed by atoms with E-state index in [1.165, 1.54) is 0 Å². The van der Waals surface area contributed by atoms with Gasteiger partial charge in [0.15, 0.2) is 0 Å². The van der Waals surface area contributed by atoms with Crippen LogP contribution in [0.1, 0.15) is 58.4 Å². The van der Waals surface area contributed by atoms with Crippen molar-refractivity contribution in [3.05, 3.63) is 65.2 Å². The van der Waals surface area contributed by atoms with Crippen molar-refractivity contribution in [3.8, 4) is 0 Å². The number of nitrogens with one attached hydrogen (secondary N) is 2. The molecular formula is C24H29N3O3. The van der Waals surface area contributed by atoms with Crippen LogP contribution in [0.4, 0.5) is 5.69 Å². The molecule has 0 spiro atoms. The largest absolute Gasteiger partial charge is 0.352 e. The Morgan fingerprint density at radius 1 is 1.00 bits per heavy atom. The molecule has 0 bridgehead atoms. The van der Waals surface area contributed by atoms with Crippen molar-refractivity contribution < 1.29 is 14.4 Å². The first-order chi connectivity index (χ1) is 14.5. The highest BCUT2D eigenvalue weighted by atomic mass is 16.2. The summed E-state index contributed by atoms with van der Waals surface area (Å²) in [6, 6.07) is 14.3. The van der Waals surface area contributed by atoms with Gasteiger partial charge in [-0.25, -0.2) is 0 Å². The minimum atomic E-state index is -0.251. The van der Waals surface area contributed by atoms with Crippen molar-refractivity contribution in [2.45, 2.75) is 39.0 Å². The van der Waals surface area contributed by atoms with Crippen molar-refractivity contribution >= 4 is 23.4 Å². The van der Waals surface area contributed by atoms with E-state index in [1.807, 2.05) is 30.0 Å². The number of carbonyl (C=O) groups is 3.